The number of benzene rings is 1. The first-order valence-electron chi connectivity index (χ1n) is 7.82. The van der Waals surface area contributed by atoms with Gasteiger partial charge in [-0.05, 0) is 31.9 Å². The molecule has 3 nitrogen and oxygen atoms in total. The van der Waals surface area contributed by atoms with Crippen LogP contribution in [-0.2, 0) is 0 Å². The lowest BCUT2D eigenvalue weighted by atomic mass is 10.1. The Labute approximate surface area is 121 Å². The van der Waals surface area contributed by atoms with Crippen molar-refractivity contribution in [3.05, 3.63) is 30.3 Å². The van der Waals surface area contributed by atoms with Crippen molar-refractivity contribution in [2.75, 3.05) is 0 Å². The van der Waals surface area contributed by atoms with Gasteiger partial charge in [-0.3, -0.25) is 0 Å². The Morgan fingerprint density at radius 2 is 1.85 bits per heavy atom. The molecule has 20 heavy (non-hydrogen) atoms. The topological polar surface area (TPSA) is 30.7 Å². The average molecular weight is 271 g/mol. The summed E-state index contributed by atoms with van der Waals surface area (Å²) in [6, 6.07) is 8.14. The summed E-state index contributed by atoms with van der Waals surface area (Å²) in [4.78, 5) is 0. The largest absolute Gasteiger partial charge is 0.217 e. The van der Waals surface area contributed by atoms with Crippen LogP contribution in [-0.4, -0.2) is 15.0 Å². The third-order valence-electron chi connectivity index (χ3n) is 3.74. The minimum atomic E-state index is 0.967. The highest BCUT2D eigenvalue weighted by atomic mass is 15.4. The van der Waals surface area contributed by atoms with Gasteiger partial charge in [-0.1, -0.05) is 62.4 Å². The fraction of sp³-hybridized carbons (Fsp3) is 0.529. The molecule has 0 atom stereocenters. The Kier molecular flexibility index (Phi) is 5.78. The number of para-hydroxylation sites is 1. The van der Waals surface area contributed by atoms with E-state index >= 15 is 0 Å². The third-order valence-corrected chi connectivity index (χ3v) is 3.74. The van der Waals surface area contributed by atoms with Crippen LogP contribution in [0.5, 0.6) is 0 Å². The molecule has 1 aromatic heterocycles. The molecule has 0 aliphatic rings. The lowest BCUT2D eigenvalue weighted by molar-refractivity contribution is 0.607. The predicted octanol–water partition coefficient (Wildman–Crippen LogP) is 5.04. The Morgan fingerprint density at radius 1 is 1.10 bits per heavy atom. The Balaban J connectivity index is 1.92. The second-order valence-corrected chi connectivity index (χ2v) is 5.29. The number of fused-ring (bicyclic) bond motifs is 1. The van der Waals surface area contributed by atoms with Gasteiger partial charge in [-0.25, -0.2) is 4.68 Å². The molecule has 1 heterocycles. The van der Waals surface area contributed by atoms with Gasteiger partial charge in [0, 0.05) is 5.70 Å². The number of rotatable bonds is 8. The van der Waals surface area contributed by atoms with Gasteiger partial charge in [0.05, 0.1) is 5.52 Å². The Bertz CT molecular complexity index is 554. The van der Waals surface area contributed by atoms with Crippen LogP contribution in [0.3, 0.4) is 0 Å². The molecule has 0 aliphatic carbocycles. The molecule has 0 N–H and O–H groups in total. The van der Waals surface area contributed by atoms with Crippen molar-refractivity contribution in [1.82, 2.24) is 15.0 Å². The zero-order valence-electron chi connectivity index (χ0n) is 12.7. The van der Waals surface area contributed by atoms with E-state index < -0.39 is 0 Å². The van der Waals surface area contributed by atoms with E-state index in [4.69, 9.17) is 0 Å². The molecule has 2 aromatic rings. The normalized spacial score (nSPS) is 12.2. The summed E-state index contributed by atoms with van der Waals surface area (Å²) in [5, 5.41) is 8.52. The van der Waals surface area contributed by atoms with Crippen molar-refractivity contribution in [3.63, 3.8) is 0 Å². The van der Waals surface area contributed by atoms with Crippen molar-refractivity contribution >= 4 is 16.7 Å². The summed E-state index contributed by atoms with van der Waals surface area (Å²) < 4.78 is 1.99. The average Bonchev–Trinajstić information content (AvgIpc) is 2.91. The highest BCUT2D eigenvalue weighted by molar-refractivity contribution is 5.77. The number of nitrogens with zero attached hydrogens (tertiary/aromatic N) is 3. The zero-order valence-corrected chi connectivity index (χ0v) is 12.7. The van der Waals surface area contributed by atoms with Crippen molar-refractivity contribution in [3.8, 4) is 0 Å². The fourth-order valence-electron chi connectivity index (χ4n) is 2.54. The third kappa shape index (κ3) is 3.69. The molecule has 0 bridgehead atoms. The van der Waals surface area contributed by atoms with E-state index in [9.17, 15) is 0 Å². The number of aromatic nitrogens is 3. The molecule has 0 aliphatic heterocycles. The molecule has 0 saturated carbocycles. The van der Waals surface area contributed by atoms with Crippen LogP contribution >= 0.6 is 0 Å². The molecule has 108 valence electrons. The van der Waals surface area contributed by atoms with Gasteiger partial charge in [-0.15, -0.1) is 5.10 Å². The number of hydrogen-bond acceptors (Lipinski definition) is 2. The smallest absolute Gasteiger partial charge is 0.113 e. The van der Waals surface area contributed by atoms with Gasteiger partial charge in [0.2, 0.25) is 0 Å². The van der Waals surface area contributed by atoms with E-state index in [2.05, 4.69) is 36.3 Å². The molecule has 0 unspecified atom stereocenters. The molecule has 0 radical (unpaired) electrons. The monoisotopic (exact) mass is 271 g/mol. The van der Waals surface area contributed by atoms with E-state index in [0.717, 1.165) is 17.5 Å². The first-order valence-corrected chi connectivity index (χ1v) is 7.82. The Morgan fingerprint density at radius 3 is 2.65 bits per heavy atom. The van der Waals surface area contributed by atoms with Crippen LogP contribution in [0.1, 0.15) is 58.8 Å². The van der Waals surface area contributed by atoms with Crippen molar-refractivity contribution in [1.29, 1.82) is 0 Å². The van der Waals surface area contributed by atoms with Crippen LogP contribution in [0.2, 0.25) is 0 Å². The summed E-state index contributed by atoms with van der Waals surface area (Å²) in [5.74, 6) is 0. The lowest BCUT2D eigenvalue weighted by Crippen LogP contribution is -1.99. The summed E-state index contributed by atoms with van der Waals surface area (Å²) in [6.07, 6.45) is 11.2. The first kappa shape index (κ1) is 14.8. The molecule has 0 spiro atoms. The van der Waals surface area contributed by atoms with E-state index in [1.165, 1.54) is 44.2 Å². The van der Waals surface area contributed by atoms with Crippen LogP contribution in [0, 0.1) is 0 Å². The molecule has 1 aromatic carbocycles. The van der Waals surface area contributed by atoms with E-state index in [1.807, 2.05) is 22.9 Å². The maximum atomic E-state index is 4.29. The zero-order chi connectivity index (χ0) is 14.2. The maximum Gasteiger partial charge on any atom is 0.113 e. The van der Waals surface area contributed by atoms with Crippen molar-refractivity contribution < 1.29 is 0 Å². The Hall–Kier alpha value is -1.64. The van der Waals surface area contributed by atoms with Gasteiger partial charge in [0.15, 0.2) is 0 Å². The summed E-state index contributed by atoms with van der Waals surface area (Å²) in [5.41, 5.74) is 3.33. The van der Waals surface area contributed by atoms with Crippen LogP contribution in [0.25, 0.3) is 16.7 Å². The van der Waals surface area contributed by atoms with Crippen molar-refractivity contribution in [2.24, 2.45) is 0 Å². The number of allylic oxidation sites excluding steroid dienone is 2. The first-order chi connectivity index (χ1) is 9.86. The van der Waals surface area contributed by atoms with Crippen LogP contribution in [0.15, 0.2) is 30.3 Å². The molecule has 0 fully saturated rings. The lowest BCUT2D eigenvalue weighted by Gasteiger charge is -2.07. The number of hydrogen-bond donors (Lipinski definition) is 0. The summed E-state index contributed by atoms with van der Waals surface area (Å²) in [7, 11) is 0. The minimum Gasteiger partial charge on any atom is -0.217 e. The molecule has 3 heteroatoms. The molecule has 0 amide bonds. The standard InChI is InChI=1S/C17H25N3/c1-3-5-6-7-8-9-12-15(4-2)20-17-14-11-10-13-16(17)18-19-20/h4,10-11,13-14H,3,5-9,12H2,1-2H3. The molecule has 2 rings (SSSR count). The van der Waals surface area contributed by atoms with Gasteiger partial charge in [0.1, 0.15) is 5.52 Å². The van der Waals surface area contributed by atoms with Gasteiger partial charge in [-0.2, -0.15) is 0 Å². The highest BCUT2D eigenvalue weighted by Crippen LogP contribution is 2.19. The molecular weight excluding hydrogens is 246 g/mol. The molecule has 0 saturated heterocycles. The van der Waals surface area contributed by atoms with Crippen molar-refractivity contribution in [2.45, 2.75) is 58.8 Å². The molecular formula is C17H25N3. The number of unbranched alkanes of at least 4 members (excludes halogenated alkanes) is 5. The second-order valence-electron chi connectivity index (χ2n) is 5.29. The van der Waals surface area contributed by atoms with Crippen LogP contribution < -0.4 is 0 Å². The quantitative estimate of drug-likeness (QED) is 0.629. The SMILES string of the molecule is CC=C(CCCCCCCC)n1nnc2ccccc21. The van der Waals surface area contributed by atoms with E-state index in [0.29, 0.717) is 0 Å². The van der Waals surface area contributed by atoms with E-state index in [-0.39, 0.29) is 0 Å². The predicted molar refractivity (Wildman–Crippen MR) is 85.5 cm³/mol. The highest BCUT2D eigenvalue weighted by Gasteiger charge is 2.07. The maximum absolute atomic E-state index is 4.29. The van der Waals surface area contributed by atoms with Gasteiger partial charge >= 0.3 is 0 Å². The van der Waals surface area contributed by atoms with Crippen LogP contribution in [0.4, 0.5) is 0 Å². The van der Waals surface area contributed by atoms with Gasteiger partial charge < -0.3 is 0 Å². The summed E-state index contributed by atoms with van der Waals surface area (Å²) in [6.45, 7) is 4.34. The van der Waals surface area contributed by atoms with Gasteiger partial charge in [0.25, 0.3) is 0 Å². The second kappa shape index (κ2) is 7.83. The van der Waals surface area contributed by atoms with E-state index in [1.54, 1.807) is 0 Å². The summed E-state index contributed by atoms with van der Waals surface area (Å²) >= 11 is 0. The fourth-order valence-corrected chi connectivity index (χ4v) is 2.54. The minimum absolute atomic E-state index is 0.967.